The van der Waals surface area contributed by atoms with E-state index in [0.29, 0.717) is 5.92 Å². The standard InChI is InChI=1S/C14H18FNO2/c1-9-4-2-3-5-13(9)18-14(17)11-8-10(15)6-7-12(11)16/h6-9,13H,2-5,16H2,1H3. The highest BCUT2D eigenvalue weighted by atomic mass is 19.1. The molecule has 18 heavy (non-hydrogen) atoms. The lowest BCUT2D eigenvalue weighted by atomic mass is 9.88. The van der Waals surface area contributed by atoms with Crippen molar-refractivity contribution < 1.29 is 13.9 Å². The summed E-state index contributed by atoms with van der Waals surface area (Å²) in [5.41, 5.74) is 6.04. The van der Waals surface area contributed by atoms with Gasteiger partial charge in [-0.25, -0.2) is 9.18 Å². The zero-order valence-corrected chi connectivity index (χ0v) is 10.5. The minimum absolute atomic E-state index is 0.0751. The van der Waals surface area contributed by atoms with E-state index in [2.05, 4.69) is 6.92 Å². The summed E-state index contributed by atoms with van der Waals surface area (Å²) in [6.45, 7) is 2.08. The average Bonchev–Trinajstić information content (AvgIpc) is 2.35. The fourth-order valence-corrected chi connectivity index (χ4v) is 2.36. The van der Waals surface area contributed by atoms with Crippen LogP contribution in [0.2, 0.25) is 0 Å². The number of hydrogen-bond donors (Lipinski definition) is 1. The van der Waals surface area contributed by atoms with Crippen LogP contribution < -0.4 is 5.73 Å². The third kappa shape index (κ3) is 2.81. The molecule has 0 saturated heterocycles. The zero-order chi connectivity index (χ0) is 13.1. The molecule has 0 amide bonds. The van der Waals surface area contributed by atoms with Gasteiger partial charge in [-0.15, -0.1) is 0 Å². The number of carbonyl (C=O) groups is 1. The number of benzene rings is 1. The lowest BCUT2D eigenvalue weighted by Gasteiger charge is -2.28. The van der Waals surface area contributed by atoms with Gasteiger partial charge in [0.25, 0.3) is 0 Å². The predicted octanol–water partition coefficient (Wildman–Crippen LogP) is 3.14. The van der Waals surface area contributed by atoms with Crippen LogP contribution in [-0.4, -0.2) is 12.1 Å². The molecule has 1 aliphatic carbocycles. The average molecular weight is 251 g/mol. The van der Waals surface area contributed by atoms with Crippen molar-refractivity contribution in [1.82, 2.24) is 0 Å². The smallest absolute Gasteiger partial charge is 0.340 e. The number of anilines is 1. The van der Waals surface area contributed by atoms with E-state index >= 15 is 0 Å². The molecule has 1 aliphatic rings. The molecule has 4 heteroatoms. The number of carbonyl (C=O) groups excluding carboxylic acids is 1. The van der Waals surface area contributed by atoms with Crippen LogP contribution in [-0.2, 0) is 4.74 Å². The Hall–Kier alpha value is -1.58. The molecule has 2 N–H and O–H groups in total. The minimum Gasteiger partial charge on any atom is -0.458 e. The summed E-state index contributed by atoms with van der Waals surface area (Å²) < 4.78 is 18.5. The quantitative estimate of drug-likeness (QED) is 0.649. The molecule has 2 atom stereocenters. The summed E-state index contributed by atoms with van der Waals surface area (Å²) in [6, 6.07) is 3.75. The lowest BCUT2D eigenvalue weighted by molar-refractivity contribution is 0.00488. The number of esters is 1. The van der Waals surface area contributed by atoms with Crippen LogP contribution >= 0.6 is 0 Å². The van der Waals surface area contributed by atoms with E-state index in [1.54, 1.807) is 0 Å². The van der Waals surface area contributed by atoms with E-state index in [4.69, 9.17) is 10.5 Å². The Labute approximate surface area is 106 Å². The molecular formula is C14H18FNO2. The molecule has 1 saturated carbocycles. The van der Waals surface area contributed by atoms with Crippen molar-refractivity contribution in [3.63, 3.8) is 0 Å². The third-order valence-corrected chi connectivity index (χ3v) is 3.53. The normalized spacial score (nSPS) is 23.7. The first-order valence-electron chi connectivity index (χ1n) is 6.34. The summed E-state index contributed by atoms with van der Waals surface area (Å²) in [4.78, 5) is 12.0. The van der Waals surface area contributed by atoms with Gasteiger partial charge in [-0.2, -0.15) is 0 Å². The Bertz CT molecular complexity index is 447. The number of ether oxygens (including phenoxy) is 1. The van der Waals surface area contributed by atoms with E-state index < -0.39 is 11.8 Å². The Morgan fingerprint density at radius 3 is 2.83 bits per heavy atom. The Balaban J connectivity index is 2.09. The van der Waals surface area contributed by atoms with Crippen molar-refractivity contribution in [1.29, 1.82) is 0 Å². The van der Waals surface area contributed by atoms with Crippen LogP contribution in [0.15, 0.2) is 18.2 Å². The molecule has 0 aliphatic heterocycles. The van der Waals surface area contributed by atoms with Crippen LogP contribution in [0, 0.1) is 11.7 Å². The van der Waals surface area contributed by atoms with Gasteiger partial charge in [0.15, 0.2) is 0 Å². The maximum absolute atomic E-state index is 13.1. The maximum atomic E-state index is 13.1. The van der Waals surface area contributed by atoms with Crippen molar-refractivity contribution in [3.05, 3.63) is 29.6 Å². The molecule has 0 radical (unpaired) electrons. The molecule has 0 spiro atoms. The van der Waals surface area contributed by atoms with Crippen molar-refractivity contribution in [3.8, 4) is 0 Å². The van der Waals surface area contributed by atoms with Crippen LogP contribution in [0.3, 0.4) is 0 Å². The van der Waals surface area contributed by atoms with Gasteiger partial charge in [0, 0.05) is 5.69 Å². The van der Waals surface area contributed by atoms with Gasteiger partial charge < -0.3 is 10.5 Å². The van der Waals surface area contributed by atoms with Gasteiger partial charge >= 0.3 is 5.97 Å². The third-order valence-electron chi connectivity index (χ3n) is 3.53. The first kappa shape index (κ1) is 12.9. The first-order valence-corrected chi connectivity index (χ1v) is 6.34. The van der Waals surface area contributed by atoms with Crippen LogP contribution in [0.5, 0.6) is 0 Å². The van der Waals surface area contributed by atoms with Crippen molar-refractivity contribution in [2.45, 2.75) is 38.7 Å². The number of hydrogen-bond acceptors (Lipinski definition) is 3. The van der Waals surface area contributed by atoms with E-state index in [-0.39, 0.29) is 17.4 Å². The largest absolute Gasteiger partial charge is 0.458 e. The highest BCUT2D eigenvalue weighted by molar-refractivity contribution is 5.95. The Kier molecular flexibility index (Phi) is 3.84. The number of nitrogens with two attached hydrogens (primary N) is 1. The van der Waals surface area contributed by atoms with E-state index in [1.165, 1.54) is 18.6 Å². The van der Waals surface area contributed by atoms with Crippen LogP contribution in [0.1, 0.15) is 43.0 Å². The van der Waals surface area contributed by atoms with Crippen LogP contribution in [0.4, 0.5) is 10.1 Å². The monoisotopic (exact) mass is 251 g/mol. The van der Waals surface area contributed by atoms with Gasteiger partial charge in [0.1, 0.15) is 11.9 Å². The first-order chi connectivity index (χ1) is 8.58. The summed E-state index contributed by atoms with van der Waals surface area (Å²) in [7, 11) is 0. The molecule has 0 bridgehead atoms. The second kappa shape index (κ2) is 5.38. The van der Waals surface area contributed by atoms with Gasteiger partial charge in [-0.1, -0.05) is 13.3 Å². The minimum atomic E-state index is -0.522. The van der Waals surface area contributed by atoms with E-state index in [0.717, 1.165) is 25.3 Å². The summed E-state index contributed by atoms with van der Waals surface area (Å²) in [6.07, 6.45) is 4.12. The molecular weight excluding hydrogens is 233 g/mol. The molecule has 0 heterocycles. The highest BCUT2D eigenvalue weighted by Crippen LogP contribution is 2.27. The van der Waals surface area contributed by atoms with Gasteiger partial charge in [-0.05, 0) is 43.4 Å². The second-order valence-corrected chi connectivity index (χ2v) is 4.94. The summed E-state index contributed by atoms with van der Waals surface area (Å²) in [5.74, 6) is -0.643. The molecule has 1 aromatic rings. The number of nitrogen functional groups attached to an aromatic ring is 1. The van der Waals surface area contributed by atoms with Gasteiger partial charge in [0.2, 0.25) is 0 Å². The molecule has 2 rings (SSSR count). The fourth-order valence-electron chi connectivity index (χ4n) is 2.36. The summed E-state index contributed by atoms with van der Waals surface area (Å²) in [5, 5.41) is 0. The highest BCUT2D eigenvalue weighted by Gasteiger charge is 2.26. The van der Waals surface area contributed by atoms with E-state index in [1.807, 2.05) is 0 Å². The Morgan fingerprint density at radius 1 is 1.39 bits per heavy atom. The van der Waals surface area contributed by atoms with Gasteiger partial charge in [-0.3, -0.25) is 0 Å². The zero-order valence-electron chi connectivity index (χ0n) is 10.5. The fraction of sp³-hybridized carbons (Fsp3) is 0.500. The summed E-state index contributed by atoms with van der Waals surface area (Å²) >= 11 is 0. The van der Waals surface area contributed by atoms with Gasteiger partial charge in [0.05, 0.1) is 5.56 Å². The lowest BCUT2D eigenvalue weighted by Crippen LogP contribution is -2.28. The molecule has 1 aromatic carbocycles. The molecule has 0 aromatic heterocycles. The molecule has 2 unspecified atom stereocenters. The van der Waals surface area contributed by atoms with Crippen molar-refractivity contribution >= 4 is 11.7 Å². The SMILES string of the molecule is CC1CCCCC1OC(=O)c1cc(F)ccc1N. The predicted molar refractivity (Wildman–Crippen MR) is 67.6 cm³/mol. The second-order valence-electron chi connectivity index (χ2n) is 4.94. The van der Waals surface area contributed by atoms with E-state index in [9.17, 15) is 9.18 Å². The molecule has 98 valence electrons. The Morgan fingerprint density at radius 2 is 2.11 bits per heavy atom. The van der Waals surface area contributed by atoms with Crippen molar-refractivity contribution in [2.24, 2.45) is 5.92 Å². The number of rotatable bonds is 2. The van der Waals surface area contributed by atoms with Crippen LogP contribution in [0.25, 0.3) is 0 Å². The number of halogens is 1. The topological polar surface area (TPSA) is 52.3 Å². The van der Waals surface area contributed by atoms with Crippen molar-refractivity contribution in [2.75, 3.05) is 5.73 Å². The molecule has 3 nitrogen and oxygen atoms in total. The molecule has 1 fully saturated rings. The maximum Gasteiger partial charge on any atom is 0.340 e.